The Morgan fingerprint density at radius 3 is 2.64 bits per heavy atom. The van der Waals surface area contributed by atoms with Gasteiger partial charge < -0.3 is 5.32 Å². The molecule has 2 aromatic carbocycles. The number of hydrogen-bond donors (Lipinski definition) is 1. The summed E-state index contributed by atoms with van der Waals surface area (Å²) in [6.45, 7) is 2.09. The minimum absolute atomic E-state index is 0.682. The topological polar surface area (TPSA) is 42.2 Å². The van der Waals surface area contributed by atoms with Gasteiger partial charge in [-0.15, -0.1) is 11.8 Å². The fourth-order valence-corrected chi connectivity index (χ4v) is 3.22. The van der Waals surface area contributed by atoms with E-state index in [1.807, 2.05) is 22.7 Å². The van der Waals surface area contributed by atoms with Crippen LogP contribution in [0.3, 0.4) is 0 Å². The fourth-order valence-electron chi connectivity index (χ4n) is 2.82. The molecular formula is C20H18N4S. The highest BCUT2D eigenvalue weighted by atomic mass is 32.2. The van der Waals surface area contributed by atoms with E-state index >= 15 is 0 Å². The number of aryl methyl sites for hydroxylation is 1. The van der Waals surface area contributed by atoms with Crippen LogP contribution < -0.4 is 5.32 Å². The predicted octanol–water partition coefficient (Wildman–Crippen LogP) is 5.17. The van der Waals surface area contributed by atoms with E-state index in [2.05, 4.69) is 65.9 Å². The molecule has 0 atom stereocenters. The van der Waals surface area contributed by atoms with Gasteiger partial charge in [-0.1, -0.05) is 24.3 Å². The zero-order valence-corrected chi connectivity index (χ0v) is 14.9. The summed E-state index contributed by atoms with van der Waals surface area (Å²) in [7, 11) is 0. The van der Waals surface area contributed by atoms with Crippen molar-refractivity contribution in [1.82, 2.24) is 14.4 Å². The average Bonchev–Trinajstić information content (AvgIpc) is 3.00. The molecule has 25 heavy (non-hydrogen) atoms. The van der Waals surface area contributed by atoms with Crippen molar-refractivity contribution in [2.75, 3.05) is 11.6 Å². The average molecular weight is 346 g/mol. The summed E-state index contributed by atoms with van der Waals surface area (Å²) in [5.74, 6) is 1.60. The van der Waals surface area contributed by atoms with E-state index in [9.17, 15) is 0 Å². The number of aromatic nitrogens is 3. The molecule has 0 aliphatic carbocycles. The van der Waals surface area contributed by atoms with Crippen LogP contribution in [0, 0.1) is 6.92 Å². The van der Waals surface area contributed by atoms with Crippen molar-refractivity contribution in [3.63, 3.8) is 0 Å². The molecular weight excluding hydrogens is 328 g/mol. The first-order valence-corrected chi connectivity index (χ1v) is 9.28. The maximum absolute atomic E-state index is 4.74. The number of anilines is 2. The van der Waals surface area contributed by atoms with Crippen molar-refractivity contribution >= 4 is 29.0 Å². The van der Waals surface area contributed by atoms with E-state index in [0.717, 1.165) is 22.8 Å². The quantitative estimate of drug-likeness (QED) is 0.518. The Kier molecular flexibility index (Phi) is 4.15. The van der Waals surface area contributed by atoms with E-state index in [1.165, 1.54) is 10.5 Å². The van der Waals surface area contributed by atoms with Crippen molar-refractivity contribution in [2.45, 2.75) is 11.8 Å². The summed E-state index contributed by atoms with van der Waals surface area (Å²) in [6.07, 6.45) is 5.82. The van der Waals surface area contributed by atoms with Crippen LogP contribution in [0.1, 0.15) is 5.56 Å². The lowest BCUT2D eigenvalue weighted by Crippen LogP contribution is -1.97. The monoisotopic (exact) mass is 346 g/mol. The van der Waals surface area contributed by atoms with E-state index < -0.39 is 0 Å². The first-order valence-electron chi connectivity index (χ1n) is 8.06. The lowest BCUT2D eigenvalue weighted by atomic mass is 10.1. The lowest BCUT2D eigenvalue weighted by molar-refractivity contribution is 1.11. The highest BCUT2D eigenvalue weighted by Crippen LogP contribution is 2.31. The van der Waals surface area contributed by atoms with Gasteiger partial charge >= 0.3 is 0 Å². The van der Waals surface area contributed by atoms with Gasteiger partial charge in [-0.3, -0.25) is 4.40 Å². The van der Waals surface area contributed by atoms with Gasteiger partial charge in [0.05, 0.1) is 0 Å². The molecule has 0 aliphatic heterocycles. The molecule has 4 nitrogen and oxygen atoms in total. The third-order valence-corrected chi connectivity index (χ3v) is 4.79. The Morgan fingerprint density at radius 1 is 1.04 bits per heavy atom. The molecule has 0 amide bonds. The first-order chi connectivity index (χ1) is 12.2. The van der Waals surface area contributed by atoms with Crippen molar-refractivity contribution in [3.8, 4) is 11.3 Å². The second-order valence-electron chi connectivity index (χ2n) is 5.82. The van der Waals surface area contributed by atoms with Crippen molar-refractivity contribution in [1.29, 1.82) is 0 Å². The summed E-state index contributed by atoms with van der Waals surface area (Å²) in [4.78, 5) is 10.4. The number of thioether (sulfide) groups is 1. The van der Waals surface area contributed by atoms with Crippen LogP contribution in [0.25, 0.3) is 17.0 Å². The van der Waals surface area contributed by atoms with Crippen LogP contribution >= 0.6 is 11.8 Å². The number of nitrogens with one attached hydrogen (secondary N) is 1. The molecule has 0 spiro atoms. The number of fused-ring (bicyclic) bond motifs is 1. The highest BCUT2D eigenvalue weighted by molar-refractivity contribution is 7.98. The maximum Gasteiger partial charge on any atom is 0.235 e. The summed E-state index contributed by atoms with van der Waals surface area (Å²) < 4.78 is 1.99. The Labute approximate surface area is 151 Å². The number of hydrogen-bond acceptors (Lipinski definition) is 4. The minimum atomic E-state index is 0.682. The molecule has 0 bridgehead atoms. The summed E-state index contributed by atoms with van der Waals surface area (Å²) in [5, 5.41) is 3.52. The van der Waals surface area contributed by atoms with Gasteiger partial charge in [0.25, 0.3) is 0 Å². The first kappa shape index (κ1) is 15.7. The van der Waals surface area contributed by atoms with Gasteiger partial charge in [-0.25, -0.2) is 9.97 Å². The smallest absolute Gasteiger partial charge is 0.235 e. The molecule has 1 N–H and O–H groups in total. The van der Waals surface area contributed by atoms with Gasteiger partial charge in [0.1, 0.15) is 11.5 Å². The largest absolute Gasteiger partial charge is 0.339 e. The second kappa shape index (κ2) is 6.61. The SMILES string of the molecule is CSc1ccc(-c2nc3ncccn3c2Nc2cccc(C)c2)cc1. The third kappa shape index (κ3) is 3.10. The van der Waals surface area contributed by atoms with E-state index in [-0.39, 0.29) is 0 Å². The lowest BCUT2D eigenvalue weighted by Gasteiger charge is -2.09. The van der Waals surface area contributed by atoms with Gasteiger partial charge in [-0.2, -0.15) is 0 Å². The Morgan fingerprint density at radius 2 is 1.88 bits per heavy atom. The fraction of sp³-hybridized carbons (Fsp3) is 0.100. The Balaban J connectivity index is 1.85. The molecule has 0 radical (unpaired) electrons. The van der Waals surface area contributed by atoms with Gasteiger partial charge in [0.15, 0.2) is 0 Å². The van der Waals surface area contributed by atoms with Gasteiger partial charge in [0.2, 0.25) is 5.78 Å². The molecule has 2 heterocycles. The highest BCUT2D eigenvalue weighted by Gasteiger charge is 2.15. The van der Waals surface area contributed by atoms with Crippen molar-refractivity contribution in [3.05, 3.63) is 72.6 Å². The molecule has 124 valence electrons. The predicted molar refractivity (Wildman–Crippen MR) is 105 cm³/mol. The van der Waals surface area contributed by atoms with Gasteiger partial charge in [0, 0.05) is 28.5 Å². The number of rotatable bonds is 4. The van der Waals surface area contributed by atoms with Crippen LogP contribution in [-0.2, 0) is 0 Å². The standard InChI is InChI=1S/C20H18N4S/c1-14-5-3-6-16(13-14)22-19-18(15-7-9-17(25-2)10-8-15)23-20-21-11-4-12-24(19)20/h3-13,22H,1-2H3. The minimum Gasteiger partial charge on any atom is -0.339 e. The molecule has 0 saturated carbocycles. The Bertz CT molecular complexity index is 1020. The maximum atomic E-state index is 4.74. The van der Waals surface area contributed by atoms with Gasteiger partial charge in [-0.05, 0) is 49.1 Å². The molecule has 0 unspecified atom stereocenters. The van der Waals surface area contributed by atoms with E-state index in [4.69, 9.17) is 4.98 Å². The summed E-state index contributed by atoms with van der Waals surface area (Å²) in [6, 6.07) is 18.7. The molecule has 2 aromatic heterocycles. The van der Waals surface area contributed by atoms with Crippen molar-refractivity contribution in [2.24, 2.45) is 0 Å². The molecule has 0 fully saturated rings. The number of imidazole rings is 1. The molecule has 4 rings (SSSR count). The van der Waals surface area contributed by atoms with Crippen LogP contribution in [0.5, 0.6) is 0 Å². The molecule has 4 aromatic rings. The van der Waals surface area contributed by atoms with Crippen molar-refractivity contribution < 1.29 is 0 Å². The van der Waals surface area contributed by atoms with Crippen LogP contribution in [0.2, 0.25) is 0 Å². The van der Waals surface area contributed by atoms with E-state index in [0.29, 0.717) is 5.78 Å². The zero-order chi connectivity index (χ0) is 17.2. The molecule has 5 heteroatoms. The second-order valence-corrected chi connectivity index (χ2v) is 6.70. The van der Waals surface area contributed by atoms with E-state index in [1.54, 1.807) is 18.0 Å². The number of nitrogens with zero attached hydrogens (tertiary/aromatic N) is 3. The molecule has 0 saturated heterocycles. The van der Waals surface area contributed by atoms with Crippen LogP contribution in [0.15, 0.2) is 71.9 Å². The number of benzene rings is 2. The Hall–Kier alpha value is -2.79. The molecule has 0 aliphatic rings. The third-order valence-electron chi connectivity index (χ3n) is 4.05. The normalized spacial score (nSPS) is 11.0. The zero-order valence-electron chi connectivity index (χ0n) is 14.1. The summed E-state index contributed by atoms with van der Waals surface area (Å²) in [5.41, 5.74) is 4.21. The van der Waals surface area contributed by atoms with Crippen LogP contribution in [0.4, 0.5) is 11.5 Å². The van der Waals surface area contributed by atoms with Crippen LogP contribution in [-0.4, -0.2) is 20.6 Å². The summed E-state index contributed by atoms with van der Waals surface area (Å²) >= 11 is 1.73.